The van der Waals surface area contributed by atoms with Crippen LogP contribution in [0.4, 0.5) is 0 Å². The molecule has 5 rings (SSSR count). The monoisotopic (exact) mass is 787 g/mol. The summed E-state index contributed by atoms with van der Waals surface area (Å²) in [6.07, 6.45) is -3.98. The fourth-order valence-corrected chi connectivity index (χ4v) is 9.49. The minimum Gasteiger partial charge on any atom is -0.457 e. The highest BCUT2D eigenvalue weighted by Crippen LogP contribution is 2.65. The van der Waals surface area contributed by atoms with E-state index in [0.717, 1.165) is 0 Å². The average Bonchev–Trinajstić information content (AvgIpc) is 3.16. The molecule has 12 heteroatoms. The van der Waals surface area contributed by atoms with Gasteiger partial charge in [-0.1, -0.05) is 80.5 Å². The topological polar surface area (TPSA) is 164 Å². The zero-order valence-electron chi connectivity index (χ0n) is 36.7. The number of rotatable bonds is 8. The Morgan fingerprint density at radius 1 is 0.946 bits per heavy atom. The fourth-order valence-electron chi connectivity index (χ4n) is 9.49. The van der Waals surface area contributed by atoms with E-state index >= 15 is 4.79 Å². The van der Waals surface area contributed by atoms with Gasteiger partial charge in [-0.05, 0) is 51.0 Å². The second kappa shape index (κ2) is 19.2. The first kappa shape index (κ1) is 48.5. The molecule has 2 saturated carbocycles. The number of carbonyl (C=O) groups is 5. The summed E-state index contributed by atoms with van der Waals surface area (Å²) in [5.41, 5.74) is -4.76. The van der Waals surface area contributed by atoms with E-state index in [1.54, 1.807) is 78.8 Å². The maximum Gasteiger partial charge on any atom is 0.338 e. The van der Waals surface area contributed by atoms with Crippen LogP contribution in [-0.4, -0.2) is 90.1 Å². The van der Waals surface area contributed by atoms with Gasteiger partial charge < -0.3 is 34.1 Å². The first-order valence-corrected chi connectivity index (χ1v) is 20.3. The molecule has 3 fully saturated rings. The molecule has 11 atom stereocenters. The number of benzene rings is 1. The van der Waals surface area contributed by atoms with Crippen LogP contribution in [0.25, 0.3) is 0 Å². The van der Waals surface area contributed by atoms with Crippen LogP contribution in [0.1, 0.15) is 127 Å². The Labute approximate surface area is 334 Å². The normalized spacial score (nSPS) is 33.3. The summed E-state index contributed by atoms with van der Waals surface area (Å²) < 4.78 is 30.8. The number of Topliss-reactive ketones (excluding diaryl/α,β-unsaturated/α-hetero) is 1. The van der Waals surface area contributed by atoms with Crippen molar-refractivity contribution >= 4 is 29.6 Å². The van der Waals surface area contributed by atoms with Gasteiger partial charge >= 0.3 is 17.9 Å². The molecule has 1 amide bonds. The first-order valence-electron chi connectivity index (χ1n) is 20.3. The van der Waals surface area contributed by atoms with Gasteiger partial charge in [0.1, 0.15) is 29.7 Å². The Balaban J connectivity index is 0.00000172. The Morgan fingerprint density at radius 3 is 2.00 bits per heavy atom. The third-order valence-corrected chi connectivity index (χ3v) is 12.3. The number of methoxy groups -OCH3 is 1. The van der Waals surface area contributed by atoms with Crippen molar-refractivity contribution in [3.63, 3.8) is 0 Å². The van der Waals surface area contributed by atoms with Gasteiger partial charge in [-0.15, -0.1) is 0 Å². The predicted molar refractivity (Wildman–Crippen MR) is 213 cm³/mol. The van der Waals surface area contributed by atoms with Crippen LogP contribution >= 0.6 is 0 Å². The number of carbonyl (C=O) groups excluding carboxylic acids is 5. The summed E-state index contributed by atoms with van der Waals surface area (Å²) in [7, 11) is 1.49. The molecule has 0 aromatic heterocycles. The lowest BCUT2D eigenvalue weighted by Gasteiger charge is -2.68. The van der Waals surface area contributed by atoms with Crippen molar-refractivity contribution in [2.24, 2.45) is 28.6 Å². The molecule has 1 aliphatic heterocycles. The van der Waals surface area contributed by atoms with Crippen LogP contribution in [0, 0.1) is 28.6 Å². The maximum absolute atomic E-state index is 15.2. The van der Waals surface area contributed by atoms with Gasteiger partial charge in [0.2, 0.25) is 5.91 Å². The summed E-state index contributed by atoms with van der Waals surface area (Å²) in [6, 6.07) is 7.75. The second-order valence-corrected chi connectivity index (χ2v) is 15.4. The van der Waals surface area contributed by atoms with Gasteiger partial charge in [0.05, 0.1) is 35.5 Å². The number of ketones is 1. The third-order valence-electron chi connectivity index (χ3n) is 12.3. The molecule has 1 heterocycles. The van der Waals surface area contributed by atoms with E-state index in [4.69, 9.17) is 23.7 Å². The predicted octanol–water partition coefficient (Wildman–Crippen LogP) is 6.80. The van der Waals surface area contributed by atoms with E-state index in [9.17, 15) is 24.3 Å². The smallest absolute Gasteiger partial charge is 0.338 e. The lowest BCUT2D eigenvalue weighted by Crippen LogP contribution is -2.81. The molecule has 0 radical (unpaired) electrons. The zero-order valence-corrected chi connectivity index (χ0v) is 36.7. The van der Waals surface area contributed by atoms with E-state index < -0.39 is 88.2 Å². The van der Waals surface area contributed by atoms with Crippen molar-refractivity contribution in [3.8, 4) is 0 Å². The van der Waals surface area contributed by atoms with Crippen LogP contribution < -0.4 is 5.32 Å². The van der Waals surface area contributed by atoms with Gasteiger partial charge in [0.25, 0.3) is 0 Å². The fraction of sp³-hybridized carbons (Fsp3) is 0.705. The van der Waals surface area contributed by atoms with Crippen molar-refractivity contribution in [1.29, 1.82) is 0 Å². The lowest BCUT2D eigenvalue weighted by atomic mass is 9.43. The van der Waals surface area contributed by atoms with Crippen LogP contribution in [0.15, 0.2) is 41.5 Å². The van der Waals surface area contributed by atoms with Crippen LogP contribution in [0.2, 0.25) is 0 Å². The minimum atomic E-state index is -1.99. The SMILES string of the molecule is CC.CC.CC.CO[C@H]1C[C@H]2OC[C@@]2(OC(C)=O)C2[C@H](OC(=O)c3ccccc3)[C@]3(O)C[C@H](OC(=O)[C@H](C)[C@H](C)NC(C)=O)C(C)=C([C@@H](C)C(=O)[C@@]21C)C3(C)C. The molecule has 2 bridgehead atoms. The van der Waals surface area contributed by atoms with Crippen molar-refractivity contribution < 1.29 is 52.8 Å². The summed E-state index contributed by atoms with van der Waals surface area (Å²) in [6.45, 7) is 26.8. The van der Waals surface area contributed by atoms with Gasteiger partial charge in [0, 0.05) is 51.2 Å². The summed E-state index contributed by atoms with van der Waals surface area (Å²) >= 11 is 0. The van der Waals surface area contributed by atoms with E-state index in [2.05, 4.69) is 5.32 Å². The Kier molecular flexibility index (Phi) is 16.7. The van der Waals surface area contributed by atoms with Gasteiger partial charge in [-0.3, -0.25) is 19.2 Å². The minimum absolute atomic E-state index is 0.0931. The molecule has 1 aromatic carbocycles. The maximum atomic E-state index is 15.2. The van der Waals surface area contributed by atoms with E-state index in [1.165, 1.54) is 21.0 Å². The molecule has 4 aliphatic rings. The number of aliphatic hydroxyl groups is 1. The van der Waals surface area contributed by atoms with Crippen molar-refractivity contribution in [1.82, 2.24) is 5.32 Å². The van der Waals surface area contributed by atoms with Crippen LogP contribution in [-0.2, 0) is 42.9 Å². The molecule has 12 nitrogen and oxygen atoms in total. The van der Waals surface area contributed by atoms with Crippen molar-refractivity contribution in [3.05, 3.63) is 47.0 Å². The lowest BCUT2D eigenvalue weighted by molar-refractivity contribution is -0.346. The first-order chi connectivity index (χ1) is 26.3. The average molecular weight is 788 g/mol. The molecule has 1 saturated heterocycles. The highest BCUT2D eigenvalue weighted by atomic mass is 16.6. The Bertz CT molecular complexity index is 1590. The van der Waals surface area contributed by atoms with E-state index in [-0.39, 0.29) is 36.7 Å². The largest absolute Gasteiger partial charge is 0.457 e. The van der Waals surface area contributed by atoms with Gasteiger partial charge in [-0.2, -0.15) is 0 Å². The highest BCUT2D eigenvalue weighted by molar-refractivity contribution is 5.92. The highest BCUT2D eigenvalue weighted by Gasteiger charge is 2.77. The number of fused-ring (bicyclic) bond motifs is 5. The standard InChI is InChI=1S/C38H51NO11.3C2H6/c1-19(22(4)39-23(5)40)33(43)48-26-17-38(45)32(49-34(44)25-14-12-11-13-15-25)30-36(9,31(42)21(3)29(20(26)2)35(38,7)8)27(46-10)16-28-37(30,18-47-28)50-24(6)41;3*1-2/h11-15,19,21-22,26-28,30,32,45H,16-18H2,1-10H3,(H,39,40);3*1-2H3/t19-,21-,22+,26+,27+,28-,30?,32+,36-,37+,38-;;;/m1.../s1. The molecule has 2 N–H and O–H groups in total. The van der Waals surface area contributed by atoms with Crippen LogP contribution in [0.5, 0.6) is 0 Å². The van der Waals surface area contributed by atoms with Gasteiger partial charge in [-0.25, -0.2) is 4.79 Å². The second-order valence-electron chi connectivity index (χ2n) is 15.4. The molecule has 0 spiro atoms. The molecular formula is C44H69NO11. The summed E-state index contributed by atoms with van der Waals surface area (Å²) in [5, 5.41) is 16.2. The number of ether oxygens (including phenoxy) is 5. The molecule has 316 valence electrons. The third kappa shape index (κ3) is 8.34. The van der Waals surface area contributed by atoms with Crippen molar-refractivity contribution in [2.45, 2.75) is 158 Å². The molecule has 3 aliphatic carbocycles. The Hall–Kier alpha value is -3.61. The number of amides is 1. The summed E-state index contributed by atoms with van der Waals surface area (Å²) in [5.74, 6) is -5.25. The summed E-state index contributed by atoms with van der Waals surface area (Å²) in [4.78, 5) is 67.5. The zero-order chi connectivity index (χ0) is 43.1. The van der Waals surface area contributed by atoms with Crippen LogP contribution in [0.3, 0.4) is 0 Å². The van der Waals surface area contributed by atoms with Crippen molar-refractivity contribution in [2.75, 3.05) is 13.7 Å². The number of esters is 3. The number of hydrogen-bond donors (Lipinski definition) is 2. The molecule has 1 unspecified atom stereocenters. The quantitative estimate of drug-likeness (QED) is 0.162. The molecule has 56 heavy (non-hydrogen) atoms. The Morgan fingerprint density at radius 2 is 1.52 bits per heavy atom. The van der Waals surface area contributed by atoms with Gasteiger partial charge in [0.15, 0.2) is 5.60 Å². The van der Waals surface area contributed by atoms with E-state index in [0.29, 0.717) is 11.1 Å². The van der Waals surface area contributed by atoms with E-state index in [1.807, 2.05) is 41.5 Å². The molecular weight excluding hydrogens is 718 g/mol. The number of nitrogens with one attached hydrogen (secondary N) is 1. The molecule has 1 aromatic rings. The number of hydrogen-bond acceptors (Lipinski definition) is 11.